The smallest absolute Gasteiger partial charge is 0.230 e. The maximum Gasteiger partial charge on any atom is 0.230 e. The minimum Gasteiger partial charge on any atom is -0.370 e. The van der Waals surface area contributed by atoms with Crippen LogP contribution in [0.2, 0.25) is 0 Å². The van der Waals surface area contributed by atoms with Crippen molar-refractivity contribution >= 4 is 17.7 Å². The number of hydrogen-bond donors (Lipinski definition) is 2. The normalized spacial score (nSPS) is 16.0. The molecule has 0 spiro atoms. The summed E-state index contributed by atoms with van der Waals surface area (Å²) >= 11 is 1.58. The Kier molecular flexibility index (Phi) is 6.91. The summed E-state index contributed by atoms with van der Waals surface area (Å²) < 4.78 is 5.32. The van der Waals surface area contributed by atoms with Gasteiger partial charge in [-0.3, -0.25) is 4.79 Å². The van der Waals surface area contributed by atoms with Crippen molar-refractivity contribution in [2.45, 2.75) is 11.3 Å². The van der Waals surface area contributed by atoms with Gasteiger partial charge in [-0.25, -0.2) is 0 Å². The van der Waals surface area contributed by atoms with E-state index in [0.29, 0.717) is 5.75 Å². The molecule has 0 radical (unpaired) electrons. The molecule has 0 bridgehead atoms. The summed E-state index contributed by atoms with van der Waals surface area (Å²) in [5.41, 5.74) is 0. The molecule has 0 atom stereocenters. The van der Waals surface area contributed by atoms with Crippen molar-refractivity contribution in [2.75, 3.05) is 45.1 Å². The first-order chi connectivity index (χ1) is 9.84. The molecule has 20 heavy (non-hydrogen) atoms. The van der Waals surface area contributed by atoms with Crippen molar-refractivity contribution < 1.29 is 14.4 Å². The third kappa shape index (κ3) is 5.94. The Morgan fingerprint density at radius 3 is 2.75 bits per heavy atom. The topological polar surface area (TPSA) is 42.8 Å². The van der Waals surface area contributed by atoms with Gasteiger partial charge in [0.15, 0.2) is 0 Å². The van der Waals surface area contributed by atoms with Crippen molar-refractivity contribution in [1.29, 1.82) is 0 Å². The maximum atomic E-state index is 11.7. The lowest BCUT2D eigenvalue weighted by molar-refractivity contribution is -0.908. The zero-order chi connectivity index (χ0) is 14.0. The lowest BCUT2D eigenvalue weighted by Crippen LogP contribution is -3.14. The molecule has 1 aromatic rings. The number of benzene rings is 1. The number of quaternary nitrogens is 1. The highest BCUT2D eigenvalue weighted by atomic mass is 32.2. The molecule has 0 saturated carbocycles. The van der Waals surface area contributed by atoms with E-state index in [4.69, 9.17) is 4.74 Å². The van der Waals surface area contributed by atoms with Crippen LogP contribution in [-0.2, 0) is 9.53 Å². The Morgan fingerprint density at radius 1 is 1.25 bits per heavy atom. The molecule has 2 rings (SSSR count). The highest BCUT2D eigenvalue weighted by molar-refractivity contribution is 8.00. The van der Waals surface area contributed by atoms with Gasteiger partial charge < -0.3 is 15.0 Å². The zero-order valence-corrected chi connectivity index (χ0v) is 12.6. The second-order valence-corrected chi connectivity index (χ2v) is 5.97. The van der Waals surface area contributed by atoms with E-state index in [1.54, 1.807) is 16.7 Å². The zero-order valence-electron chi connectivity index (χ0n) is 11.8. The fourth-order valence-corrected chi connectivity index (χ4v) is 2.94. The lowest BCUT2D eigenvalue weighted by atomic mass is 10.3. The third-order valence-corrected chi connectivity index (χ3v) is 4.35. The number of rotatable bonds is 7. The van der Waals surface area contributed by atoms with Gasteiger partial charge in [-0.05, 0) is 12.1 Å². The molecular formula is C15H23N2O2S+. The minimum absolute atomic E-state index is 0.121. The number of ether oxygens (including phenoxy) is 1. The fraction of sp³-hybridized carbons (Fsp3) is 0.533. The Bertz CT molecular complexity index is 394. The van der Waals surface area contributed by atoms with Crippen molar-refractivity contribution in [3.8, 4) is 0 Å². The number of amides is 1. The van der Waals surface area contributed by atoms with Gasteiger partial charge in [0, 0.05) is 17.9 Å². The van der Waals surface area contributed by atoms with Crippen LogP contribution < -0.4 is 10.2 Å². The summed E-state index contributed by atoms with van der Waals surface area (Å²) in [5.74, 6) is 0.616. The molecular weight excluding hydrogens is 272 g/mol. The predicted molar refractivity (Wildman–Crippen MR) is 81.2 cm³/mol. The Hall–Kier alpha value is -1.04. The van der Waals surface area contributed by atoms with Gasteiger partial charge in [0.05, 0.1) is 25.5 Å². The number of nitrogens with one attached hydrogen (secondary N) is 2. The monoisotopic (exact) mass is 295 g/mol. The molecule has 0 unspecified atom stereocenters. The van der Waals surface area contributed by atoms with Gasteiger partial charge in [0.25, 0.3) is 0 Å². The van der Waals surface area contributed by atoms with E-state index < -0.39 is 0 Å². The van der Waals surface area contributed by atoms with Crippen LogP contribution in [0.25, 0.3) is 0 Å². The molecule has 1 fully saturated rings. The molecule has 4 nitrogen and oxygen atoms in total. The minimum atomic E-state index is 0.121. The molecule has 2 N–H and O–H groups in total. The van der Waals surface area contributed by atoms with Gasteiger partial charge in [-0.1, -0.05) is 18.2 Å². The molecule has 1 aliphatic heterocycles. The highest BCUT2D eigenvalue weighted by Crippen LogP contribution is 2.15. The van der Waals surface area contributed by atoms with Crippen molar-refractivity contribution in [2.24, 2.45) is 0 Å². The molecule has 1 amide bonds. The molecule has 0 aliphatic carbocycles. The summed E-state index contributed by atoms with van der Waals surface area (Å²) in [6.45, 7) is 5.83. The number of carbonyl (C=O) groups excluding carboxylic acids is 1. The second kappa shape index (κ2) is 9.00. The first kappa shape index (κ1) is 15.4. The first-order valence-corrected chi connectivity index (χ1v) is 8.19. The van der Waals surface area contributed by atoms with E-state index in [2.05, 4.69) is 5.32 Å². The fourth-order valence-electron chi connectivity index (χ4n) is 2.19. The van der Waals surface area contributed by atoms with Crippen LogP contribution in [0.4, 0.5) is 0 Å². The molecule has 110 valence electrons. The molecule has 1 heterocycles. The molecule has 1 saturated heterocycles. The van der Waals surface area contributed by atoms with Crippen molar-refractivity contribution in [3.05, 3.63) is 30.3 Å². The van der Waals surface area contributed by atoms with Crippen molar-refractivity contribution in [3.63, 3.8) is 0 Å². The summed E-state index contributed by atoms with van der Waals surface area (Å²) in [5, 5.41) is 2.99. The summed E-state index contributed by atoms with van der Waals surface area (Å²) in [7, 11) is 0. The molecule has 0 aromatic heterocycles. The molecule has 1 aromatic carbocycles. The number of hydrogen-bond acceptors (Lipinski definition) is 3. The van der Waals surface area contributed by atoms with Crippen LogP contribution in [0.5, 0.6) is 0 Å². The van der Waals surface area contributed by atoms with Crippen LogP contribution in [0.3, 0.4) is 0 Å². The summed E-state index contributed by atoms with van der Waals surface area (Å²) in [4.78, 5) is 14.4. The summed E-state index contributed by atoms with van der Waals surface area (Å²) in [6.07, 6.45) is 1.04. The quantitative estimate of drug-likeness (QED) is 0.558. The number of thioether (sulfide) groups is 1. The second-order valence-electron chi connectivity index (χ2n) is 4.92. The lowest BCUT2D eigenvalue weighted by Gasteiger charge is -2.23. The van der Waals surface area contributed by atoms with Gasteiger partial charge >= 0.3 is 0 Å². The highest BCUT2D eigenvalue weighted by Gasteiger charge is 2.12. The van der Waals surface area contributed by atoms with Crippen LogP contribution in [-0.4, -0.2) is 51.1 Å². The molecule has 5 heteroatoms. The van der Waals surface area contributed by atoms with E-state index in [0.717, 1.165) is 50.7 Å². The van der Waals surface area contributed by atoms with Gasteiger partial charge in [0.1, 0.15) is 13.1 Å². The molecule has 1 aliphatic rings. The SMILES string of the molecule is O=C(CSc1ccccc1)NCCC[NH+]1CCOCC1. The first-order valence-electron chi connectivity index (χ1n) is 7.20. The average molecular weight is 295 g/mol. The maximum absolute atomic E-state index is 11.7. The van der Waals surface area contributed by atoms with Crippen LogP contribution in [0.1, 0.15) is 6.42 Å². The number of morpholine rings is 1. The average Bonchev–Trinajstić information content (AvgIpc) is 2.52. The van der Waals surface area contributed by atoms with Gasteiger partial charge in [-0.15, -0.1) is 11.8 Å². The van der Waals surface area contributed by atoms with E-state index in [-0.39, 0.29) is 5.91 Å². The number of carbonyl (C=O) groups is 1. The van der Waals surface area contributed by atoms with E-state index in [1.807, 2.05) is 30.3 Å². The Balaban J connectivity index is 1.51. The van der Waals surface area contributed by atoms with Crippen LogP contribution >= 0.6 is 11.8 Å². The third-order valence-electron chi connectivity index (χ3n) is 3.34. The van der Waals surface area contributed by atoms with E-state index >= 15 is 0 Å². The largest absolute Gasteiger partial charge is 0.370 e. The predicted octanol–water partition coefficient (Wildman–Crippen LogP) is 0.200. The van der Waals surface area contributed by atoms with Crippen LogP contribution in [0, 0.1) is 0 Å². The van der Waals surface area contributed by atoms with Gasteiger partial charge in [0.2, 0.25) is 5.91 Å². The van der Waals surface area contributed by atoms with E-state index in [1.165, 1.54) is 0 Å². The van der Waals surface area contributed by atoms with E-state index in [9.17, 15) is 4.79 Å². The summed E-state index contributed by atoms with van der Waals surface area (Å²) in [6, 6.07) is 10.0. The van der Waals surface area contributed by atoms with Crippen LogP contribution in [0.15, 0.2) is 35.2 Å². The Morgan fingerprint density at radius 2 is 2.00 bits per heavy atom. The standard InChI is InChI=1S/C15H22N2O2S/c18-15(13-20-14-5-2-1-3-6-14)16-7-4-8-17-9-11-19-12-10-17/h1-3,5-6H,4,7-13H2,(H,16,18)/p+1. The van der Waals surface area contributed by atoms with Gasteiger partial charge in [-0.2, -0.15) is 0 Å². The Labute approximate surface area is 124 Å². The van der Waals surface area contributed by atoms with Crippen molar-refractivity contribution in [1.82, 2.24) is 5.32 Å².